The summed E-state index contributed by atoms with van der Waals surface area (Å²) in [4.78, 5) is 45.3. The van der Waals surface area contributed by atoms with E-state index in [1.165, 1.54) is 31.5 Å². The van der Waals surface area contributed by atoms with E-state index in [1.54, 1.807) is 31.2 Å². The third-order valence-electron chi connectivity index (χ3n) is 4.76. The van der Waals surface area contributed by atoms with Crippen molar-refractivity contribution in [3.8, 4) is 17.2 Å². The van der Waals surface area contributed by atoms with Gasteiger partial charge in [-0.15, -0.1) is 0 Å². The summed E-state index contributed by atoms with van der Waals surface area (Å²) in [6.45, 7) is 1.91. The average Bonchev–Trinajstić information content (AvgIpc) is 2.89. The highest BCUT2D eigenvalue weighted by atomic mass is 16.6. The average molecular weight is 508 g/mol. The van der Waals surface area contributed by atoms with Crippen LogP contribution in [0.15, 0.2) is 65.8 Å². The number of hydrogen-bond donors (Lipinski definition) is 1. The summed E-state index contributed by atoms with van der Waals surface area (Å²) >= 11 is 0. The van der Waals surface area contributed by atoms with Crippen molar-refractivity contribution in [3.63, 3.8) is 0 Å². The molecule has 0 spiro atoms. The van der Waals surface area contributed by atoms with Gasteiger partial charge in [0, 0.05) is 17.7 Å². The summed E-state index contributed by atoms with van der Waals surface area (Å²) in [5, 5.41) is 26.1. The molecule has 13 heteroatoms. The Labute approximate surface area is 209 Å². The van der Waals surface area contributed by atoms with Crippen LogP contribution in [-0.2, 0) is 0 Å². The molecule has 0 saturated carbocycles. The summed E-state index contributed by atoms with van der Waals surface area (Å²) in [7, 11) is 1.52. The van der Waals surface area contributed by atoms with Crippen LogP contribution in [0, 0.1) is 20.2 Å². The normalized spacial score (nSPS) is 10.5. The van der Waals surface area contributed by atoms with E-state index in [9.17, 15) is 29.8 Å². The minimum atomic E-state index is -1.05. The summed E-state index contributed by atoms with van der Waals surface area (Å²) in [6, 6.07) is 13.3. The van der Waals surface area contributed by atoms with Crippen LogP contribution < -0.4 is 19.6 Å². The maximum absolute atomic E-state index is 12.6. The fraction of sp³-hybridized carbons (Fsp3) is 0.125. The number of nitro groups is 2. The van der Waals surface area contributed by atoms with Crippen LogP contribution in [0.4, 0.5) is 11.4 Å². The van der Waals surface area contributed by atoms with Crippen LogP contribution in [-0.4, -0.2) is 41.7 Å². The molecule has 3 aromatic rings. The van der Waals surface area contributed by atoms with E-state index in [0.29, 0.717) is 16.9 Å². The van der Waals surface area contributed by atoms with Gasteiger partial charge in [0.2, 0.25) is 0 Å². The second kappa shape index (κ2) is 11.9. The summed E-state index contributed by atoms with van der Waals surface area (Å²) in [5.41, 5.74) is 1.61. The van der Waals surface area contributed by atoms with Crippen LogP contribution in [0.2, 0.25) is 0 Å². The molecular weight excluding hydrogens is 488 g/mol. The molecular formula is C24H20N4O9. The molecule has 0 fully saturated rings. The van der Waals surface area contributed by atoms with Crippen molar-refractivity contribution in [1.82, 2.24) is 5.43 Å². The maximum atomic E-state index is 12.6. The Bertz CT molecular complexity index is 1340. The summed E-state index contributed by atoms with van der Waals surface area (Å²) < 4.78 is 15.8. The van der Waals surface area contributed by atoms with Crippen LogP contribution in [0.1, 0.15) is 33.2 Å². The number of rotatable bonds is 10. The zero-order valence-electron chi connectivity index (χ0n) is 19.6. The number of nitrogens with one attached hydrogen (secondary N) is 1. The predicted octanol–water partition coefficient (Wildman–Crippen LogP) is 3.89. The molecule has 190 valence electrons. The number of benzene rings is 3. The van der Waals surface area contributed by atoms with Gasteiger partial charge in [0.1, 0.15) is 5.75 Å². The molecule has 1 N–H and O–H groups in total. The zero-order chi connectivity index (χ0) is 26.9. The fourth-order valence-electron chi connectivity index (χ4n) is 3.01. The Morgan fingerprint density at radius 2 is 1.57 bits per heavy atom. The number of hydrazone groups is 1. The van der Waals surface area contributed by atoms with Crippen molar-refractivity contribution in [2.24, 2.45) is 5.10 Å². The van der Waals surface area contributed by atoms with Crippen molar-refractivity contribution in [3.05, 3.63) is 97.6 Å². The smallest absolute Gasteiger partial charge is 0.344 e. The maximum Gasteiger partial charge on any atom is 0.344 e. The summed E-state index contributed by atoms with van der Waals surface area (Å²) in [5.74, 6) is -0.781. The number of carbonyl (C=O) groups excluding carboxylic acids is 2. The van der Waals surface area contributed by atoms with Gasteiger partial charge in [-0.05, 0) is 55.0 Å². The molecule has 0 unspecified atom stereocenters. The molecule has 0 aliphatic rings. The van der Waals surface area contributed by atoms with Gasteiger partial charge in [-0.1, -0.05) is 0 Å². The van der Waals surface area contributed by atoms with Gasteiger partial charge < -0.3 is 14.2 Å². The number of amides is 1. The number of nitro benzene ring substituents is 2. The van der Waals surface area contributed by atoms with E-state index in [4.69, 9.17) is 14.2 Å². The highest BCUT2D eigenvalue weighted by Crippen LogP contribution is 2.30. The zero-order valence-corrected chi connectivity index (χ0v) is 19.6. The Morgan fingerprint density at radius 3 is 2.14 bits per heavy atom. The lowest BCUT2D eigenvalue weighted by Crippen LogP contribution is -2.17. The van der Waals surface area contributed by atoms with Gasteiger partial charge >= 0.3 is 5.97 Å². The van der Waals surface area contributed by atoms with Crippen molar-refractivity contribution in [1.29, 1.82) is 0 Å². The Morgan fingerprint density at radius 1 is 0.919 bits per heavy atom. The van der Waals surface area contributed by atoms with E-state index >= 15 is 0 Å². The van der Waals surface area contributed by atoms with Gasteiger partial charge in [-0.2, -0.15) is 5.10 Å². The first-order chi connectivity index (χ1) is 17.7. The number of hydrogen-bond acceptors (Lipinski definition) is 10. The van der Waals surface area contributed by atoms with Crippen molar-refractivity contribution < 1.29 is 33.6 Å². The molecule has 0 bridgehead atoms. The first kappa shape index (κ1) is 26.3. The van der Waals surface area contributed by atoms with E-state index < -0.39 is 33.1 Å². The minimum Gasteiger partial charge on any atom is -0.497 e. The predicted molar refractivity (Wildman–Crippen MR) is 130 cm³/mol. The molecule has 0 heterocycles. The quantitative estimate of drug-likeness (QED) is 0.140. The first-order valence-electron chi connectivity index (χ1n) is 10.6. The Hall–Kier alpha value is -5.33. The molecule has 0 radical (unpaired) electrons. The topological polar surface area (TPSA) is 172 Å². The van der Waals surface area contributed by atoms with E-state index in [-0.39, 0.29) is 23.7 Å². The molecule has 0 aliphatic heterocycles. The van der Waals surface area contributed by atoms with E-state index in [2.05, 4.69) is 10.5 Å². The number of non-ortho nitro benzene ring substituents is 2. The lowest BCUT2D eigenvalue weighted by Gasteiger charge is -2.11. The van der Waals surface area contributed by atoms with Gasteiger partial charge in [0.15, 0.2) is 11.5 Å². The van der Waals surface area contributed by atoms with Crippen molar-refractivity contribution in [2.75, 3.05) is 13.7 Å². The van der Waals surface area contributed by atoms with Crippen molar-refractivity contribution >= 4 is 29.5 Å². The van der Waals surface area contributed by atoms with Crippen LogP contribution in [0.25, 0.3) is 0 Å². The Kier molecular flexibility index (Phi) is 8.44. The number of methoxy groups -OCH3 is 1. The standard InChI is InChI=1S/C24H20N4O9/c1-3-36-22-10-15(14-25-26-23(29)16-5-7-20(35-2)8-6-16)4-9-21(22)37-24(30)17-11-18(27(31)32)13-19(12-17)28(33)34/h4-14H,3H2,1-2H3,(H,26,29)/b25-14-. The lowest BCUT2D eigenvalue weighted by molar-refractivity contribution is -0.394. The summed E-state index contributed by atoms with van der Waals surface area (Å²) in [6.07, 6.45) is 1.35. The number of ether oxygens (including phenoxy) is 3. The highest BCUT2D eigenvalue weighted by molar-refractivity contribution is 5.95. The van der Waals surface area contributed by atoms with Crippen LogP contribution in [0.3, 0.4) is 0 Å². The molecule has 13 nitrogen and oxygen atoms in total. The highest BCUT2D eigenvalue weighted by Gasteiger charge is 2.22. The third-order valence-corrected chi connectivity index (χ3v) is 4.76. The largest absolute Gasteiger partial charge is 0.497 e. The van der Waals surface area contributed by atoms with E-state index in [0.717, 1.165) is 18.2 Å². The lowest BCUT2D eigenvalue weighted by atomic mass is 10.1. The molecule has 0 saturated heterocycles. The van der Waals surface area contributed by atoms with Gasteiger partial charge in [0.25, 0.3) is 17.3 Å². The molecule has 0 atom stereocenters. The monoisotopic (exact) mass is 508 g/mol. The molecule has 0 aromatic heterocycles. The SMILES string of the molecule is CCOc1cc(/C=N\NC(=O)c2ccc(OC)cc2)ccc1OC(=O)c1cc([N+](=O)[O-])cc([N+](=O)[O-])c1. The van der Waals surface area contributed by atoms with Gasteiger partial charge in [0.05, 0.1) is 41.4 Å². The molecule has 1 amide bonds. The molecule has 3 rings (SSSR count). The number of nitrogens with zero attached hydrogens (tertiary/aromatic N) is 3. The van der Waals surface area contributed by atoms with Crippen molar-refractivity contribution in [2.45, 2.75) is 6.92 Å². The minimum absolute atomic E-state index is 0.0274. The Balaban J connectivity index is 1.76. The third kappa shape index (κ3) is 6.85. The molecule has 3 aromatic carbocycles. The van der Waals surface area contributed by atoms with Gasteiger partial charge in [-0.3, -0.25) is 25.0 Å². The van der Waals surface area contributed by atoms with Crippen LogP contribution >= 0.6 is 0 Å². The van der Waals surface area contributed by atoms with E-state index in [1.807, 2.05) is 0 Å². The number of esters is 1. The van der Waals surface area contributed by atoms with Gasteiger partial charge in [-0.25, -0.2) is 10.2 Å². The van der Waals surface area contributed by atoms with Crippen LogP contribution in [0.5, 0.6) is 17.2 Å². The first-order valence-corrected chi connectivity index (χ1v) is 10.6. The second-order valence-corrected chi connectivity index (χ2v) is 7.21. The second-order valence-electron chi connectivity index (χ2n) is 7.21. The molecule has 37 heavy (non-hydrogen) atoms. The fourth-order valence-corrected chi connectivity index (χ4v) is 3.01. The molecule has 0 aliphatic carbocycles. The number of carbonyl (C=O) groups is 2.